The molecule has 0 heterocycles. The zero-order valence-electron chi connectivity index (χ0n) is 8.64. The molecule has 0 aliphatic rings. The molecule has 0 saturated carbocycles. The van der Waals surface area contributed by atoms with Crippen LogP contribution in [0.3, 0.4) is 0 Å². The molecule has 0 aromatic heterocycles. The number of rotatable bonds is 3. The topological polar surface area (TPSA) is 26.3 Å². The van der Waals surface area contributed by atoms with Crippen molar-refractivity contribution in [1.82, 2.24) is 0 Å². The van der Waals surface area contributed by atoms with Crippen LogP contribution in [-0.4, -0.2) is 13.1 Å². The summed E-state index contributed by atoms with van der Waals surface area (Å²) in [7, 11) is 1.36. The van der Waals surface area contributed by atoms with Crippen LogP contribution < -0.4 is 0 Å². The van der Waals surface area contributed by atoms with Crippen LogP contribution in [0.1, 0.15) is 16.7 Å². The van der Waals surface area contributed by atoms with Gasteiger partial charge in [-0.1, -0.05) is 17.7 Å². The second-order valence-electron chi connectivity index (χ2n) is 3.26. The Morgan fingerprint density at radius 1 is 1.40 bits per heavy atom. The largest absolute Gasteiger partial charge is 0.469 e. The summed E-state index contributed by atoms with van der Waals surface area (Å²) in [6.45, 7) is 1.90. The number of aryl methyl sites for hydroxylation is 1. The minimum absolute atomic E-state index is 0.207. The summed E-state index contributed by atoms with van der Waals surface area (Å²) in [5, 5.41) is 0.641. The third-order valence-corrected chi connectivity index (χ3v) is 2.88. The van der Waals surface area contributed by atoms with Crippen molar-refractivity contribution in [2.45, 2.75) is 19.2 Å². The highest BCUT2D eigenvalue weighted by atomic mass is 35.5. The van der Waals surface area contributed by atoms with E-state index >= 15 is 0 Å². The number of ether oxygens (including phenoxy) is 1. The predicted octanol–water partition coefficient (Wildman–Crippen LogP) is 3.10. The lowest BCUT2D eigenvalue weighted by atomic mass is 10.0. The normalized spacial score (nSPS) is 10.1. The molecule has 15 heavy (non-hydrogen) atoms. The van der Waals surface area contributed by atoms with E-state index in [-0.39, 0.29) is 12.4 Å². The zero-order valence-corrected chi connectivity index (χ0v) is 10.2. The molecule has 2 nitrogen and oxygen atoms in total. The summed E-state index contributed by atoms with van der Waals surface area (Å²) in [5.74, 6) is 0.0749. The lowest BCUT2D eigenvalue weighted by Crippen LogP contribution is -2.06. The predicted molar refractivity (Wildman–Crippen MR) is 61.5 cm³/mol. The van der Waals surface area contributed by atoms with Gasteiger partial charge in [0.15, 0.2) is 0 Å². The standard InChI is InChI=1S/C11H12Cl2O2/c1-7-3-9(6-12)8(4-10(7)13)5-11(14)15-2/h3-4H,5-6H2,1-2H3. The van der Waals surface area contributed by atoms with Crippen LogP contribution in [0.4, 0.5) is 0 Å². The molecule has 0 unspecified atom stereocenters. The number of methoxy groups -OCH3 is 1. The summed E-state index contributed by atoms with van der Waals surface area (Å²) in [4.78, 5) is 11.1. The maximum atomic E-state index is 11.1. The Labute approximate surface area is 99.1 Å². The van der Waals surface area contributed by atoms with E-state index in [4.69, 9.17) is 23.2 Å². The molecule has 0 radical (unpaired) electrons. The minimum atomic E-state index is -0.290. The van der Waals surface area contributed by atoms with Crippen molar-refractivity contribution < 1.29 is 9.53 Å². The van der Waals surface area contributed by atoms with E-state index in [1.807, 2.05) is 13.0 Å². The molecule has 1 rings (SSSR count). The summed E-state index contributed by atoms with van der Waals surface area (Å²) >= 11 is 11.8. The van der Waals surface area contributed by atoms with Crippen LogP contribution >= 0.6 is 23.2 Å². The number of hydrogen-bond acceptors (Lipinski definition) is 2. The van der Waals surface area contributed by atoms with Crippen LogP contribution in [0.2, 0.25) is 5.02 Å². The van der Waals surface area contributed by atoms with Crippen LogP contribution in [0.15, 0.2) is 12.1 Å². The highest BCUT2D eigenvalue weighted by Gasteiger charge is 2.10. The van der Waals surface area contributed by atoms with Gasteiger partial charge in [-0.2, -0.15) is 0 Å². The van der Waals surface area contributed by atoms with E-state index in [1.165, 1.54) is 7.11 Å². The second kappa shape index (κ2) is 5.38. The number of esters is 1. The number of carbonyl (C=O) groups excluding carboxylic acids is 1. The average Bonchev–Trinajstić information content (AvgIpc) is 2.22. The van der Waals surface area contributed by atoms with Crippen molar-refractivity contribution in [2.75, 3.05) is 7.11 Å². The van der Waals surface area contributed by atoms with E-state index in [0.717, 1.165) is 16.7 Å². The first-order valence-electron chi connectivity index (χ1n) is 4.49. The average molecular weight is 247 g/mol. The fraction of sp³-hybridized carbons (Fsp3) is 0.364. The Balaban J connectivity index is 3.05. The summed E-state index contributed by atoms with van der Waals surface area (Å²) < 4.78 is 4.60. The van der Waals surface area contributed by atoms with Crippen molar-refractivity contribution in [3.63, 3.8) is 0 Å². The lowest BCUT2D eigenvalue weighted by Gasteiger charge is -2.08. The van der Waals surface area contributed by atoms with Gasteiger partial charge in [0.1, 0.15) is 0 Å². The smallest absolute Gasteiger partial charge is 0.309 e. The molecule has 0 spiro atoms. The van der Waals surface area contributed by atoms with Crippen molar-refractivity contribution in [3.8, 4) is 0 Å². The SMILES string of the molecule is COC(=O)Cc1cc(Cl)c(C)cc1CCl. The molecule has 0 amide bonds. The van der Waals surface area contributed by atoms with Crippen LogP contribution in [-0.2, 0) is 21.8 Å². The van der Waals surface area contributed by atoms with Gasteiger partial charge in [0, 0.05) is 10.9 Å². The van der Waals surface area contributed by atoms with Gasteiger partial charge in [-0.25, -0.2) is 0 Å². The molecule has 1 aromatic rings. The van der Waals surface area contributed by atoms with Crippen molar-refractivity contribution >= 4 is 29.2 Å². The van der Waals surface area contributed by atoms with E-state index in [0.29, 0.717) is 10.9 Å². The fourth-order valence-corrected chi connectivity index (χ4v) is 1.73. The van der Waals surface area contributed by atoms with E-state index < -0.39 is 0 Å². The number of benzene rings is 1. The quantitative estimate of drug-likeness (QED) is 0.606. The van der Waals surface area contributed by atoms with Gasteiger partial charge in [0.05, 0.1) is 13.5 Å². The maximum Gasteiger partial charge on any atom is 0.309 e. The third-order valence-electron chi connectivity index (χ3n) is 2.19. The second-order valence-corrected chi connectivity index (χ2v) is 3.93. The Hall–Kier alpha value is -0.730. The molecule has 0 fully saturated rings. The molecule has 0 aliphatic carbocycles. The van der Waals surface area contributed by atoms with Gasteiger partial charge in [0.25, 0.3) is 0 Å². The fourth-order valence-electron chi connectivity index (χ4n) is 1.30. The minimum Gasteiger partial charge on any atom is -0.469 e. The highest BCUT2D eigenvalue weighted by molar-refractivity contribution is 6.31. The lowest BCUT2D eigenvalue weighted by molar-refractivity contribution is -0.139. The molecular weight excluding hydrogens is 235 g/mol. The van der Waals surface area contributed by atoms with Crippen LogP contribution in [0.25, 0.3) is 0 Å². The van der Waals surface area contributed by atoms with Crippen molar-refractivity contribution in [1.29, 1.82) is 0 Å². The van der Waals surface area contributed by atoms with Gasteiger partial charge in [-0.3, -0.25) is 4.79 Å². The number of alkyl halides is 1. The van der Waals surface area contributed by atoms with Gasteiger partial charge >= 0.3 is 5.97 Å². The number of hydrogen-bond donors (Lipinski definition) is 0. The van der Waals surface area contributed by atoms with E-state index in [2.05, 4.69) is 4.74 Å². The van der Waals surface area contributed by atoms with Gasteiger partial charge in [-0.05, 0) is 29.7 Å². The maximum absolute atomic E-state index is 11.1. The van der Waals surface area contributed by atoms with Gasteiger partial charge in [0.2, 0.25) is 0 Å². The Bertz CT molecular complexity index is 375. The first-order chi connectivity index (χ1) is 7.08. The van der Waals surface area contributed by atoms with Crippen LogP contribution in [0, 0.1) is 6.92 Å². The molecule has 0 aliphatic heterocycles. The zero-order chi connectivity index (χ0) is 11.4. The molecule has 0 bridgehead atoms. The van der Waals surface area contributed by atoms with Crippen molar-refractivity contribution in [3.05, 3.63) is 33.8 Å². The molecule has 0 N–H and O–H groups in total. The monoisotopic (exact) mass is 246 g/mol. The molecule has 0 saturated heterocycles. The summed E-state index contributed by atoms with van der Waals surface area (Å²) in [5.41, 5.74) is 2.71. The first-order valence-corrected chi connectivity index (χ1v) is 5.40. The molecule has 1 aromatic carbocycles. The highest BCUT2D eigenvalue weighted by Crippen LogP contribution is 2.22. The van der Waals surface area contributed by atoms with Crippen LogP contribution in [0.5, 0.6) is 0 Å². The number of carbonyl (C=O) groups is 1. The first kappa shape index (κ1) is 12.3. The van der Waals surface area contributed by atoms with E-state index in [9.17, 15) is 4.79 Å². The Kier molecular flexibility index (Phi) is 4.43. The molecule has 82 valence electrons. The number of halogens is 2. The molecule has 0 atom stereocenters. The molecular formula is C11H12Cl2O2. The summed E-state index contributed by atoms with van der Waals surface area (Å²) in [6.07, 6.45) is 0.207. The summed E-state index contributed by atoms with van der Waals surface area (Å²) in [6, 6.07) is 3.67. The van der Waals surface area contributed by atoms with Crippen molar-refractivity contribution in [2.24, 2.45) is 0 Å². The Morgan fingerprint density at radius 2 is 2.07 bits per heavy atom. The van der Waals surface area contributed by atoms with Gasteiger partial charge < -0.3 is 4.74 Å². The van der Waals surface area contributed by atoms with Gasteiger partial charge in [-0.15, -0.1) is 11.6 Å². The third kappa shape index (κ3) is 3.11. The Morgan fingerprint density at radius 3 is 2.60 bits per heavy atom. The van der Waals surface area contributed by atoms with E-state index in [1.54, 1.807) is 6.07 Å². The molecule has 4 heteroatoms.